The van der Waals surface area contributed by atoms with E-state index in [4.69, 9.17) is 14.6 Å². The molecule has 1 aromatic heterocycles. The van der Waals surface area contributed by atoms with Crippen LogP contribution in [0.1, 0.15) is 41.6 Å². The predicted octanol–water partition coefficient (Wildman–Crippen LogP) is 1.78. The second-order valence-corrected chi connectivity index (χ2v) is 4.59. The summed E-state index contributed by atoms with van der Waals surface area (Å²) in [6.07, 6.45) is 1.95. The van der Waals surface area contributed by atoms with Crippen molar-refractivity contribution in [3.05, 3.63) is 23.2 Å². The fourth-order valence-electron chi connectivity index (χ4n) is 1.72. The Labute approximate surface area is 107 Å². The number of aliphatic hydroxyl groups is 1. The molecule has 0 bridgehead atoms. The summed E-state index contributed by atoms with van der Waals surface area (Å²) in [5, 5.41) is 20.9. The smallest absolute Gasteiger partial charge is 0.339 e. The maximum atomic E-state index is 10.8. The molecule has 0 spiro atoms. The first-order valence-corrected chi connectivity index (χ1v) is 6.18. The van der Waals surface area contributed by atoms with E-state index in [2.05, 4.69) is 5.32 Å². The minimum Gasteiger partial charge on any atom is -0.478 e. The number of furan rings is 1. The van der Waals surface area contributed by atoms with Gasteiger partial charge in [0.05, 0.1) is 6.54 Å². The largest absolute Gasteiger partial charge is 0.478 e. The first kappa shape index (κ1) is 14.7. The van der Waals surface area contributed by atoms with E-state index in [-0.39, 0.29) is 12.2 Å². The van der Waals surface area contributed by atoms with Gasteiger partial charge in [-0.3, -0.25) is 0 Å². The molecule has 1 atom stereocenters. The van der Waals surface area contributed by atoms with Crippen LogP contribution in [0.15, 0.2) is 10.5 Å². The molecule has 18 heavy (non-hydrogen) atoms. The van der Waals surface area contributed by atoms with Crippen molar-refractivity contribution in [1.82, 2.24) is 5.32 Å². The van der Waals surface area contributed by atoms with Crippen molar-refractivity contribution in [3.63, 3.8) is 0 Å². The minimum atomic E-state index is -0.959. The van der Waals surface area contributed by atoms with Gasteiger partial charge < -0.3 is 19.9 Å². The normalized spacial score (nSPS) is 12.6. The fraction of sp³-hybridized carbons (Fsp3) is 0.615. The standard InChI is InChI=1S/C13H21NO4/c1-9(8-15)4-3-5-14-7-11-6-12(13(16)17)10(2)18-11/h6,9,14-15H,3-5,7-8H2,1-2H3,(H,16,17). The lowest BCUT2D eigenvalue weighted by Crippen LogP contribution is -2.15. The summed E-state index contributed by atoms with van der Waals surface area (Å²) in [6.45, 7) is 5.23. The topological polar surface area (TPSA) is 82.7 Å². The predicted molar refractivity (Wildman–Crippen MR) is 67.6 cm³/mol. The number of carboxylic acids is 1. The Balaban J connectivity index is 2.27. The molecular weight excluding hydrogens is 234 g/mol. The van der Waals surface area contributed by atoms with E-state index in [0.29, 0.717) is 24.0 Å². The summed E-state index contributed by atoms with van der Waals surface area (Å²) in [5.41, 5.74) is 0.223. The van der Waals surface area contributed by atoms with Crippen molar-refractivity contribution in [2.45, 2.75) is 33.2 Å². The van der Waals surface area contributed by atoms with E-state index in [9.17, 15) is 4.79 Å². The highest BCUT2D eigenvalue weighted by atomic mass is 16.4. The van der Waals surface area contributed by atoms with Gasteiger partial charge in [-0.05, 0) is 38.3 Å². The zero-order chi connectivity index (χ0) is 13.5. The number of hydrogen-bond acceptors (Lipinski definition) is 4. The van der Waals surface area contributed by atoms with Crippen LogP contribution in [-0.4, -0.2) is 29.3 Å². The van der Waals surface area contributed by atoms with Crippen molar-refractivity contribution in [1.29, 1.82) is 0 Å². The Morgan fingerprint density at radius 3 is 2.83 bits per heavy atom. The quantitative estimate of drug-likeness (QED) is 0.617. The molecule has 0 fully saturated rings. The zero-order valence-electron chi connectivity index (χ0n) is 10.9. The average Bonchev–Trinajstić information content (AvgIpc) is 2.70. The zero-order valence-corrected chi connectivity index (χ0v) is 10.9. The second kappa shape index (κ2) is 7.18. The molecule has 1 unspecified atom stereocenters. The Bertz CT molecular complexity index is 386. The van der Waals surface area contributed by atoms with Gasteiger partial charge in [0.2, 0.25) is 0 Å². The Kier molecular flexibility index (Phi) is 5.88. The molecular formula is C13H21NO4. The van der Waals surface area contributed by atoms with Crippen LogP contribution in [0.5, 0.6) is 0 Å². The van der Waals surface area contributed by atoms with Gasteiger partial charge >= 0.3 is 5.97 Å². The number of aromatic carboxylic acids is 1. The number of aryl methyl sites for hydroxylation is 1. The van der Waals surface area contributed by atoms with Crippen molar-refractivity contribution < 1.29 is 19.4 Å². The lowest BCUT2D eigenvalue weighted by Gasteiger charge is -2.07. The average molecular weight is 255 g/mol. The van der Waals surface area contributed by atoms with Crippen LogP contribution in [0, 0.1) is 12.8 Å². The first-order chi connectivity index (χ1) is 8.54. The number of carbonyl (C=O) groups is 1. The summed E-state index contributed by atoms with van der Waals surface area (Å²) in [4.78, 5) is 10.8. The number of hydrogen-bond donors (Lipinski definition) is 3. The van der Waals surface area contributed by atoms with Crippen LogP contribution in [0.3, 0.4) is 0 Å². The van der Waals surface area contributed by atoms with E-state index in [1.807, 2.05) is 6.92 Å². The highest BCUT2D eigenvalue weighted by Gasteiger charge is 2.13. The molecule has 1 aromatic rings. The summed E-state index contributed by atoms with van der Waals surface area (Å²) >= 11 is 0. The third-order valence-corrected chi connectivity index (χ3v) is 2.86. The Hall–Kier alpha value is -1.33. The van der Waals surface area contributed by atoms with Crippen molar-refractivity contribution in [2.75, 3.05) is 13.2 Å². The summed E-state index contributed by atoms with van der Waals surface area (Å²) < 4.78 is 5.34. The third-order valence-electron chi connectivity index (χ3n) is 2.86. The molecule has 0 amide bonds. The van der Waals surface area contributed by atoms with E-state index in [1.54, 1.807) is 13.0 Å². The van der Waals surface area contributed by atoms with Crippen LogP contribution < -0.4 is 5.32 Å². The summed E-state index contributed by atoms with van der Waals surface area (Å²) in [7, 11) is 0. The number of carboxylic acid groups (broad SMARTS) is 1. The van der Waals surface area contributed by atoms with Crippen LogP contribution in [0.4, 0.5) is 0 Å². The maximum Gasteiger partial charge on any atom is 0.339 e. The van der Waals surface area contributed by atoms with Gasteiger partial charge in [0.25, 0.3) is 0 Å². The second-order valence-electron chi connectivity index (χ2n) is 4.59. The highest BCUT2D eigenvalue weighted by Crippen LogP contribution is 2.14. The molecule has 5 nitrogen and oxygen atoms in total. The van der Waals surface area contributed by atoms with Crippen LogP contribution in [0.25, 0.3) is 0 Å². The molecule has 0 saturated carbocycles. The lowest BCUT2D eigenvalue weighted by atomic mass is 10.1. The Morgan fingerprint density at radius 2 is 2.28 bits per heavy atom. The van der Waals surface area contributed by atoms with E-state index in [1.165, 1.54) is 0 Å². The number of rotatable bonds is 8. The van der Waals surface area contributed by atoms with Gasteiger partial charge in [0.15, 0.2) is 0 Å². The van der Waals surface area contributed by atoms with E-state index >= 15 is 0 Å². The number of aliphatic hydroxyl groups excluding tert-OH is 1. The monoisotopic (exact) mass is 255 g/mol. The van der Waals surface area contributed by atoms with Gasteiger partial charge in [0, 0.05) is 6.61 Å². The van der Waals surface area contributed by atoms with Gasteiger partial charge in [0.1, 0.15) is 17.1 Å². The van der Waals surface area contributed by atoms with Gasteiger partial charge in [-0.15, -0.1) is 0 Å². The fourth-order valence-corrected chi connectivity index (χ4v) is 1.72. The molecule has 1 heterocycles. The van der Waals surface area contributed by atoms with Crippen molar-refractivity contribution in [2.24, 2.45) is 5.92 Å². The molecule has 0 aliphatic carbocycles. The van der Waals surface area contributed by atoms with Gasteiger partial charge in [-0.2, -0.15) is 0 Å². The summed E-state index contributed by atoms with van der Waals surface area (Å²) in [5.74, 6) is 0.448. The molecule has 0 aromatic carbocycles. The number of nitrogens with one attached hydrogen (secondary N) is 1. The van der Waals surface area contributed by atoms with Crippen LogP contribution >= 0.6 is 0 Å². The molecule has 5 heteroatoms. The van der Waals surface area contributed by atoms with E-state index in [0.717, 1.165) is 19.4 Å². The molecule has 0 saturated heterocycles. The van der Waals surface area contributed by atoms with Crippen LogP contribution in [0.2, 0.25) is 0 Å². The molecule has 102 valence electrons. The Morgan fingerprint density at radius 1 is 1.56 bits per heavy atom. The van der Waals surface area contributed by atoms with E-state index < -0.39 is 5.97 Å². The molecule has 1 rings (SSSR count). The SMILES string of the molecule is Cc1oc(CNCCCC(C)CO)cc1C(=O)O. The first-order valence-electron chi connectivity index (χ1n) is 6.18. The van der Waals surface area contributed by atoms with Gasteiger partial charge in [-0.25, -0.2) is 4.79 Å². The molecule has 0 aliphatic heterocycles. The highest BCUT2D eigenvalue weighted by molar-refractivity contribution is 5.88. The molecule has 0 radical (unpaired) electrons. The lowest BCUT2D eigenvalue weighted by molar-refractivity contribution is 0.0695. The van der Waals surface area contributed by atoms with Crippen molar-refractivity contribution >= 4 is 5.97 Å². The third kappa shape index (κ3) is 4.50. The van der Waals surface area contributed by atoms with Crippen LogP contribution in [-0.2, 0) is 6.54 Å². The minimum absolute atomic E-state index is 0.222. The van der Waals surface area contributed by atoms with Crippen molar-refractivity contribution in [3.8, 4) is 0 Å². The summed E-state index contributed by atoms with van der Waals surface area (Å²) in [6, 6.07) is 1.56. The maximum absolute atomic E-state index is 10.8. The molecule has 3 N–H and O–H groups in total. The molecule has 0 aliphatic rings. The van der Waals surface area contributed by atoms with Gasteiger partial charge in [-0.1, -0.05) is 6.92 Å².